The number of H-pyrrole nitrogens is 1. The number of nitro groups is 1. The van der Waals surface area contributed by atoms with Crippen LogP contribution < -0.4 is 16.4 Å². The molecule has 1 aliphatic carbocycles. The van der Waals surface area contributed by atoms with E-state index >= 15 is 0 Å². The summed E-state index contributed by atoms with van der Waals surface area (Å²) >= 11 is 0. The molecule has 0 unspecified atom stereocenters. The van der Waals surface area contributed by atoms with Crippen molar-refractivity contribution >= 4 is 34.3 Å². The maximum Gasteiger partial charge on any atom is 0.273 e. The Balaban J connectivity index is 1.68. The molecule has 1 aromatic heterocycles. The van der Waals surface area contributed by atoms with Crippen molar-refractivity contribution in [3.8, 4) is 0 Å². The van der Waals surface area contributed by atoms with E-state index in [2.05, 4.69) is 15.6 Å². The first-order valence-electron chi connectivity index (χ1n) is 11.8. The van der Waals surface area contributed by atoms with Crippen LogP contribution in [0.5, 0.6) is 0 Å². The number of nitrogens with zero attached hydrogens (tertiary/aromatic N) is 1. The Kier molecular flexibility index (Phi) is 6.78. The molecule has 0 radical (unpaired) electrons. The first-order valence-corrected chi connectivity index (χ1v) is 11.8. The van der Waals surface area contributed by atoms with Crippen LogP contribution in [-0.2, 0) is 33.6 Å². The number of hydrogen-bond donors (Lipinski definition) is 4. The van der Waals surface area contributed by atoms with Gasteiger partial charge in [0.25, 0.3) is 5.69 Å². The summed E-state index contributed by atoms with van der Waals surface area (Å²) in [5, 5.41) is 18.0. The molecule has 10 heteroatoms. The maximum absolute atomic E-state index is 13.7. The average Bonchev–Trinajstić information content (AvgIpc) is 3.19. The predicted molar refractivity (Wildman–Crippen MR) is 134 cm³/mol. The van der Waals surface area contributed by atoms with E-state index in [0.717, 1.165) is 22.2 Å². The van der Waals surface area contributed by atoms with Gasteiger partial charge in [0.2, 0.25) is 17.7 Å². The lowest BCUT2D eigenvalue weighted by molar-refractivity contribution is -0.385. The van der Waals surface area contributed by atoms with Crippen LogP contribution in [0.4, 0.5) is 5.69 Å². The number of carbonyl (C=O) groups excluding carboxylic acids is 3. The van der Waals surface area contributed by atoms with Gasteiger partial charge in [0.1, 0.15) is 11.6 Å². The van der Waals surface area contributed by atoms with Crippen molar-refractivity contribution in [1.29, 1.82) is 0 Å². The number of nitro benzene ring substituents is 1. The van der Waals surface area contributed by atoms with Crippen LogP contribution >= 0.6 is 0 Å². The van der Waals surface area contributed by atoms with Crippen molar-refractivity contribution < 1.29 is 19.3 Å². The summed E-state index contributed by atoms with van der Waals surface area (Å²) in [7, 11) is 0. The van der Waals surface area contributed by atoms with Gasteiger partial charge in [-0.3, -0.25) is 24.5 Å². The van der Waals surface area contributed by atoms with Crippen molar-refractivity contribution in [1.82, 2.24) is 15.6 Å². The molecule has 0 spiro atoms. The Bertz CT molecular complexity index is 1350. The van der Waals surface area contributed by atoms with Crippen LogP contribution in [0, 0.1) is 16.0 Å². The summed E-state index contributed by atoms with van der Waals surface area (Å²) < 4.78 is 0. The minimum atomic E-state index is -1.36. The monoisotopic (exact) mass is 491 g/mol. The van der Waals surface area contributed by atoms with Gasteiger partial charge < -0.3 is 21.4 Å². The molecule has 1 aliphatic rings. The fourth-order valence-corrected chi connectivity index (χ4v) is 4.93. The number of hydrogen-bond acceptors (Lipinski definition) is 5. The fraction of sp³-hybridized carbons (Fsp3) is 0.346. The molecule has 0 aliphatic heterocycles. The molecular formula is C26H29N5O5. The standard InChI is InChI=1S/C26H29N5O5/c1-15(2)23(24(27)33)29-25(34)26(30-22(32)13-16-7-3-6-10-21(16)31(35)36)12-11-20-18(14-26)17-8-4-5-9-19(17)28-20/h3-10,15,23,28H,11-14H2,1-2H3,(H2,27,33)(H,29,34)(H,30,32)/t23-,26+/m0/s1. The van der Waals surface area contributed by atoms with Crippen molar-refractivity contribution in [3.63, 3.8) is 0 Å². The third-order valence-electron chi connectivity index (χ3n) is 6.79. The van der Waals surface area contributed by atoms with Gasteiger partial charge in [-0.05, 0) is 30.4 Å². The van der Waals surface area contributed by atoms with Crippen LogP contribution in [0.25, 0.3) is 10.9 Å². The summed E-state index contributed by atoms with van der Waals surface area (Å²) in [4.78, 5) is 53.2. The number of primary amides is 1. The van der Waals surface area contributed by atoms with E-state index in [1.54, 1.807) is 19.9 Å². The van der Waals surface area contributed by atoms with Crippen molar-refractivity contribution in [2.45, 2.75) is 51.1 Å². The number of nitrogens with one attached hydrogen (secondary N) is 3. The van der Waals surface area contributed by atoms with Gasteiger partial charge in [-0.25, -0.2) is 0 Å². The Morgan fingerprint density at radius 3 is 2.53 bits per heavy atom. The predicted octanol–water partition coefficient (Wildman–Crippen LogP) is 2.29. The number of amides is 3. The number of carbonyl (C=O) groups is 3. The SMILES string of the molecule is CC(C)[C@H](NC(=O)[C@@]1(NC(=O)Cc2ccccc2[N+](=O)[O-])CCc2[nH]c3ccccc3c2C1)C(N)=O. The molecular weight excluding hydrogens is 462 g/mol. The highest BCUT2D eigenvalue weighted by molar-refractivity contribution is 5.97. The summed E-state index contributed by atoms with van der Waals surface area (Å²) in [6, 6.07) is 12.8. The lowest BCUT2D eigenvalue weighted by Crippen LogP contribution is -2.64. The number of para-hydroxylation sites is 2. The zero-order valence-electron chi connectivity index (χ0n) is 20.2. The van der Waals surface area contributed by atoms with E-state index in [-0.39, 0.29) is 36.4 Å². The van der Waals surface area contributed by atoms with Gasteiger partial charge in [0.15, 0.2) is 0 Å². The summed E-state index contributed by atoms with van der Waals surface area (Å²) in [6.07, 6.45) is 0.706. The number of nitrogens with two attached hydrogens (primary N) is 1. The van der Waals surface area contributed by atoms with E-state index in [4.69, 9.17) is 5.73 Å². The second-order valence-electron chi connectivity index (χ2n) is 9.59. The van der Waals surface area contributed by atoms with Crippen molar-refractivity contribution in [2.24, 2.45) is 11.7 Å². The number of benzene rings is 2. The number of fused-ring (bicyclic) bond motifs is 3. The molecule has 1 heterocycles. The smallest absolute Gasteiger partial charge is 0.273 e. The normalized spacial score (nSPS) is 17.9. The van der Waals surface area contributed by atoms with E-state index in [9.17, 15) is 24.5 Å². The second-order valence-corrected chi connectivity index (χ2v) is 9.59. The van der Waals surface area contributed by atoms with E-state index < -0.39 is 34.2 Å². The first-order chi connectivity index (χ1) is 17.1. The maximum atomic E-state index is 13.7. The Morgan fingerprint density at radius 1 is 1.14 bits per heavy atom. The van der Waals surface area contributed by atoms with Gasteiger partial charge in [0, 0.05) is 34.6 Å². The molecule has 0 fully saturated rings. The average molecular weight is 492 g/mol. The molecule has 2 atom stereocenters. The molecule has 0 bridgehead atoms. The molecule has 4 rings (SSSR count). The zero-order chi connectivity index (χ0) is 26.0. The quantitative estimate of drug-likeness (QED) is 0.280. The topological polar surface area (TPSA) is 160 Å². The van der Waals surface area contributed by atoms with E-state index in [0.29, 0.717) is 6.42 Å². The second kappa shape index (κ2) is 9.80. The van der Waals surface area contributed by atoms with Gasteiger partial charge in [-0.1, -0.05) is 50.2 Å². The van der Waals surface area contributed by atoms with E-state index in [1.807, 2.05) is 24.3 Å². The zero-order valence-corrected chi connectivity index (χ0v) is 20.2. The van der Waals surface area contributed by atoms with E-state index in [1.165, 1.54) is 18.2 Å². The van der Waals surface area contributed by atoms with Crippen LogP contribution in [0.15, 0.2) is 48.5 Å². The van der Waals surface area contributed by atoms with Crippen LogP contribution in [-0.4, -0.2) is 39.2 Å². The lowest BCUT2D eigenvalue weighted by atomic mass is 9.78. The summed E-state index contributed by atoms with van der Waals surface area (Å²) in [6.45, 7) is 3.54. The first kappa shape index (κ1) is 24.9. The summed E-state index contributed by atoms with van der Waals surface area (Å²) in [5.41, 5.74) is 7.09. The van der Waals surface area contributed by atoms with Gasteiger partial charge >= 0.3 is 0 Å². The number of aromatic amines is 1. The van der Waals surface area contributed by atoms with Gasteiger partial charge in [0.05, 0.1) is 11.3 Å². The Hall–Kier alpha value is -4.21. The molecule has 10 nitrogen and oxygen atoms in total. The highest BCUT2D eigenvalue weighted by atomic mass is 16.6. The number of aromatic nitrogens is 1. The Labute approximate surface area is 207 Å². The highest BCUT2D eigenvalue weighted by Gasteiger charge is 2.45. The molecule has 3 aromatic rings. The van der Waals surface area contributed by atoms with Crippen molar-refractivity contribution in [2.75, 3.05) is 0 Å². The number of rotatable bonds is 8. The van der Waals surface area contributed by atoms with Crippen molar-refractivity contribution in [3.05, 3.63) is 75.5 Å². The molecule has 188 valence electrons. The highest BCUT2D eigenvalue weighted by Crippen LogP contribution is 2.34. The Morgan fingerprint density at radius 2 is 1.83 bits per heavy atom. The van der Waals surface area contributed by atoms with Gasteiger partial charge in [-0.15, -0.1) is 0 Å². The molecule has 36 heavy (non-hydrogen) atoms. The van der Waals surface area contributed by atoms with Gasteiger partial charge in [-0.2, -0.15) is 0 Å². The molecule has 3 amide bonds. The summed E-state index contributed by atoms with van der Waals surface area (Å²) in [5.74, 6) is -1.95. The largest absolute Gasteiger partial charge is 0.368 e. The number of aryl methyl sites for hydroxylation is 1. The fourth-order valence-electron chi connectivity index (χ4n) is 4.93. The molecule has 5 N–H and O–H groups in total. The third kappa shape index (κ3) is 4.79. The van der Waals surface area contributed by atoms with Crippen LogP contribution in [0.1, 0.15) is 37.1 Å². The molecule has 0 saturated heterocycles. The van der Waals surface area contributed by atoms with Crippen LogP contribution in [0.2, 0.25) is 0 Å². The molecule has 0 saturated carbocycles. The molecule has 2 aromatic carbocycles. The lowest BCUT2D eigenvalue weighted by Gasteiger charge is -2.38. The minimum Gasteiger partial charge on any atom is -0.368 e. The minimum absolute atomic E-state index is 0.165. The van der Waals surface area contributed by atoms with Crippen LogP contribution in [0.3, 0.4) is 0 Å². The third-order valence-corrected chi connectivity index (χ3v) is 6.79.